The van der Waals surface area contributed by atoms with Crippen LogP contribution in [0.5, 0.6) is 0 Å². The number of alkyl carbamates (subject to hydrolysis) is 1. The molecule has 4 bridgehead atoms. The van der Waals surface area contributed by atoms with Crippen molar-refractivity contribution in [3.8, 4) is 0 Å². The monoisotopic (exact) mass is 508 g/mol. The Hall–Kier alpha value is -3.39. The van der Waals surface area contributed by atoms with Crippen LogP contribution in [0.15, 0.2) is 60.7 Å². The lowest BCUT2D eigenvalue weighted by atomic mass is 9.55. The van der Waals surface area contributed by atoms with Gasteiger partial charge in [-0.05, 0) is 73.3 Å². The van der Waals surface area contributed by atoms with Crippen LogP contribution in [-0.2, 0) is 27.2 Å². The molecule has 198 valence electrons. The lowest BCUT2D eigenvalue weighted by molar-refractivity contribution is -0.140. The van der Waals surface area contributed by atoms with Gasteiger partial charge in [0.1, 0.15) is 18.2 Å². The highest BCUT2D eigenvalue weighted by atomic mass is 16.6. The third-order valence-corrected chi connectivity index (χ3v) is 7.87. The molecule has 4 fully saturated rings. The molecule has 37 heavy (non-hydrogen) atoms. The van der Waals surface area contributed by atoms with E-state index in [-0.39, 0.29) is 12.5 Å². The summed E-state index contributed by atoms with van der Waals surface area (Å²) in [4.78, 5) is 34.2. The van der Waals surface area contributed by atoms with Gasteiger partial charge in [0.25, 0.3) is 0 Å². The highest BCUT2D eigenvalue weighted by Crippen LogP contribution is 2.54. The van der Waals surface area contributed by atoms with E-state index in [0.29, 0.717) is 18.3 Å². The topological polar surface area (TPSA) is 139 Å². The number of hydrogen-bond donors (Lipinski definition) is 4. The van der Waals surface area contributed by atoms with E-state index in [1.54, 1.807) is 0 Å². The smallest absolute Gasteiger partial charge is 0.408 e. The van der Waals surface area contributed by atoms with Crippen LogP contribution < -0.4 is 11.1 Å². The molecule has 2 aromatic carbocycles. The second-order valence-corrected chi connectivity index (χ2v) is 10.7. The Morgan fingerprint density at radius 1 is 0.784 bits per heavy atom. The summed E-state index contributed by atoms with van der Waals surface area (Å²) in [5.74, 6) is 0.578. The average Bonchev–Trinajstić information content (AvgIpc) is 2.87. The Morgan fingerprint density at radius 2 is 1.27 bits per heavy atom. The van der Waals surface area contributed by atoms with Crippen LogP contribution in [0, 0.1) is 23.7 Å². The predicted molar refractivity (Wildman–Crippen MR) is 138 cm³/mol. The van der Waals surface area contributed by atoms with E-state index in [1.807, 2.05) is 60.7 Å². The second kappa shape index (κ2) is 12.2. The lowest BCUT2D eigenvalue weighted by Crippen LogP contribution is -2.52. The van der Waals surface area contributed by atoms with Crippen LogP contribution >= 0.6 is 0 Å². The number of aliphatic carboxylic acids is 2. The zero-order valence-electron chi connectivity index (χ0n) is 20.9. The number of hydrogen-bond acceptors (Lipinski definition) is 5. The van der Waals surface area contributed by atoms with Gasteiger partial charge < -0.3 is 26.0 Å². The molecule has 0 radical (unpaired) electrons. The average molecular weight is 509 g/mol. The maximum atomic E-state index is 12.3. The molecule has 0 heterocycles. The molecule has 0 saturated heterocycles. The first-order valence-corrected chi connectivity index (χ1v) is 13.0. The number of carbonyl (C=O) groups excluding carboxylic acids is 1. The summed E-state index contributed by atoms with van der Waals surface area (Å²) in [7, 11) is 0. The van der Waals surface area contributed by atoms with Crippen molar-refractivity contribution in [2.45, 2.75) is 63.1 Å². The molecule has 0 aliphatic heterocycles. The third kappa shape index (κ3) is 7.32. The molecule has 2 aromatic rings. The van der Waals surface area contributed by atoms with E-state index < -0.39 is 30.1 Å². The molecular weight excluding hydrogens is 472 g/mol. The van der Waals surface area contributed by atoms with Gasteiger partial charge >= 0.3 is 18.0 Å². The van der Waals surface area contributed by atoms with Crippen LogP contribution in [0.25, 0.3) is 0 Å². The Kier molecular flexibility index (Phi) is 8.82. The number of rotatable bonds is 8. The van der Waals surface area contributed by atoms with Gasteiger partial charge in [-0.1, -0.05) is 60.7 Å². The predicted octanol–water partition coefficient (Wildman–Crippen LogP) is 3.87. The van der Waals surface area contributed by atoms with Crippen molar-refractivity contribution in [1.29, 1.82) is 0 Å². The van der Waals surface area contributed by atoms with Crippen LogP contribution in [0.1, 0.15) is 43.2 Å². The Morgan fingerprint density at radius 3 is 1.73 bits per heavy atom. The zero-order valence-corrected chi connectivity index (χ0v) is 20.9. The molecular formula is C29H36N2O6. The molecule has 4 aliphatic rings. The summed E-state index contributed by atoms with van der Waals surface area (Å²) in [6.45, 7) is 0. The summed E-state index contributed by atoms with van der Waals surface area (Å²) in [6.07, 6.45) is 6.04. The molecule has 8 heteroatoms. The second-order valence-electron chi connectivity index (χ2n) is 10.7. The minimum atomic E-state index is -1.04. The fourth-order valence-corrected chi connectivity index (χ4v) is 6.37. The van der Waals surface area contributed by atoms with Crippen LogP contribution in [0.4, 0.5) is 4.79 Å². The molecule has 0 spiro atoms. The lowest BCUT2D eigenvalue weighted by Gasteiger charge is -2.53. The Labute approximate surface area is 217 Å². The molecule has 4 saturated carbocycles. The van der Waals surface area contributed by atoms with Gasteiger partial charge in [-0.15, -0.1) is 0 Å². The van der Waals surface area contributed by atoms with Gasteiger partial charge in [0.2, 0.25) is 0 Å². The molecule has 5 N–H and O–H groups in total. The highest BCUT2D eigenvalue weighted by molar-refractivity contribution is 5.80. The van der Waals surface area contributed by atoms with Gasteiger partial charge in [0.05, 0.1) is 0 Å². The fourth-order valence-electron chi connectivity index (χ4n) is 6.37. The van der Waals surface area contributed by atoms with E-state index in [2.05, 4.69) is 5.32 Å². The first-order valence-electron chi connectivity index (χ1n) is 13.0. The van der Waals surface area contributed by atoms with E-state index >= 15 is 0 Å². The molecule has 1 amide bonds. The molecule has 0 unspecified atom stereocenters. The standard InChI is InChI=1S/C20H25NO4.C9H11NO2/c22-19(23)17(11-12-4-2-1-3-5-12)21-20(24)25-18-15-7-13-6-14(9-15)10-16(18)8-13;10-8(9(11)12)6-7-4-2-1-3-5-7/h1-5,13-18H,6-11H2,(H,21,24)(H,22,23);1-5,8H,6,10H2,(H,11,12)/t13?,14?,15?,16?,17-,18?;8-/m11/s1. The van der Waals surface area contributed by atoms with Crippen molar-refractivity contribution in [1.82, 2.24) is 5.32 Å². The summed E-state index contributed by atoms with van der Waals surface area (Å²) >= 11 is 0. The van der Waals surface area contributed by atoms with E-state index in [0.717, 1.165) is 48.6 Å². The van der Waals surface area contributed by atoms with Crippen molar-refractivity contribution in [2.24, 2.45) is 29.4 Å². The van der Waals surface area contributed by atoms with E-state index in [9.17, 15) is 19.5 Å². The van der Waals surface area contributed by atoms with Crippen molar-refractivity contribution in [2.75, 3.05) is 0 Å². The summed E-state index contributed by atoms with van der Waals surface area (Å²) in [5.41, 5.74) is 7.18. The summed E-state index contributed by atoms with van der Waals surface area (Å²) in [5, 5.41) is 20.5. The van der Waals surface area contributed by atoms with Crippen LogP contribution in [0.3, 0.4) is 0 Å². The molecule has 0 aromatic heterocycles. The number of amides is 1. The van der Waals surface area contributed by atoms with E-state index in [1.165, 1.54) is 6.42 Å². The normalized spacial score (nSPS) is 26.8. The highest BCUT2D eigenvalue weighted by Gasteiger charge is 2.50. The van der Waals surface area contributed by atoms with Crippen molar-refractivity contribution in [3.63, 3.8) is 0 Å². The van der Waals surface area contributed by atoms with Gasteiger partial charge in [-0.2, -0.15) is 0 Å². The van der Waals surface area contributed by atoms with Crippen molar-refractivity contribution in [3.05, 3.63) is 71.8 Å². The third-order valence-electron chi connectivity index (χ3n) is 7.87. The maximum absolute atomic E-state index is 12.3. The Bertz CT molecular complexity index is 1030. The molecule has 8 nitrogen and oxygen atoms in total. The van der Waals surface area contributed by atoms with Gasteiger partial charge in [-0.3, -0.25) is 4.79 Å². The summed E-state index contributed by atoms with van der Waals surface area (Å²) < 4.78 is 5.73. The minimum Gasteiger partial charge on any atom is -0.480 e. The van der Waals surface area contributed by atoms with Crippen molar-refractivity contribution < 1.29 is 29.3 Å². The van der Waals surface area contributed by atoms with Crippen molar-refractivity contribution >= 4 is 18.0 Å². The number of carboxylic acids is 2. The SMILES string of the molecule is N[C@H](Cc1ccccc1)C(=O)O.O=C(N[C@H](Cc1ccccc1)C(=O)O)OC1C2CC3CC(C2)CC1C3. The van der Waals surface area contributed by atoms with Crippen LogP contribution in [0.2, 0.25) is 0 Å². The number of carboxylic acid groups (broad SMARTS) is 2. The maximum Gasteiger partial charge on any atom is 0.408 e. The summed E-state index contributed by atoms with van der Waals surface area (Å²) in [6, 6.07) is 16.9. The number of nitrogens with one attached hydrogen (secondary N) is 1. The van der Waals surface area contributed by atoms with Gasteiger partial charge in [0.15, 0.2) is 0 Å². The molecule has 4 aliphatic carbocycles. The van der Waals surface area contributed by atoms with Crippen LogP contribution in [-0.4, -0.2) is 46.4 Å². The number of ether oxygens (including phenoxy) is 1. The van der Waals surface area contributed by atoms with Gasteiger partial charge in [-0.25, -0.2) is 9.59 Å². The molecule has 6 rings (SSSR count). The minimum absolute atomic E-state index is 0.0287. The van der Waals surface area contributed by atoms with Gasteiger partial charge in [0, 0.05) is 6.42 Å². The van der Waals surface area contributed by atoms with E-state index in [4.69, 9.17) is 15.6 Å². The Balaban J connectivity index is 0.000000225. The molecule has 2 atom stereocenters. The largest absolute Gasteiger partial charge is 0.480 e. The fraction of sp³-hybridized carbons (Fsp3) is 0.483. The first kappa shape index (κ1) is 26.7. The quantitative estimate of drug-likeness (QED) is 0.424. The number of nitrogens with two attached hydrogens (primary N) is 1. The number of carbonyl (C=O) groups is 3. The number of benzene rings is 2. The zero-order chi connectivity index (χ0) is 26.4. The first-order chi connectivity index (χ1) is 17.8.